The third-order valence-corrected chi connectivity index (χ3v) is 4.48. The van der Waals surface area contributed by atoms with E-state index in [4.69, 9.17) is 9.15 Å². The molecule has 0 fully saturated rings. The van der Waals surface area contributed by atoms with Crippen molar-refractivity contribution in [1.82, 2.24) is 4.98 Å². The van der Waals surface area contributed by atoms with Gasteiger partial charge in [-0.15, -0.1) is 0 Å². The minimum Gasteiger partial charge on any atom is -0.464 e. The van der Waals surface area contributed by atoms with Gasteiger partial charge in [0, 0.05) is 40.0 Å². The van der Waals surface area contributed by atoms with Crippen molar-refractivity contribution in [3.05, 3.63) is 77.0 Å². The second-order valence-electron chi connectivity index (χ2n) is 5.94. The number of aryl methyl sites for hydroxylation is 2. The van der Waals surface area contributed by atoms with E-state index in [1.807, 2.05) is 26.1 Å². The fraction of sp³-hybridized carbons (Fsp3) is 0.150. The van der Waals surface area contributed by atoms with E-state index in [2.05, 4.69) is 30.6 Å². The molecule has 3 heterocycles. The van der Waals surface area contributed by atoms with Crippen LogP contribution in [-0.2, 0) is 0 Å². The molecular weight excluding hydrogens is 286 g/mol. The lowest BCUT2D eigenvalue weighted by molar-refractivity contribution is 0.428. The van der Waals surface area contributed by atoms with Crippen LogP contribution in [0.3, 0.4) is 0 Å². The molecule has 0 saturated heterocycles. The Bertz CT molecular complexity index is 978. The standard InChI is InChI=1S/C20H17NO2/c1-11-10-22-19-13(3)20-17(8-16(11)19)18(12(2)14(4)23-20)15-6-5-7-21-9-15/h5-10H,4H2,1-3H3. The first-order chi connectivity index (χ1) is 11.1. The summed E-state index contributed by atoms with van der Waals surface area (Å²) in [6, 6.07) is 6.16. The van der Waals surface area contributed by atoms with Gasteiger partial charge in [0.1, 0.15) is 17.1 Å². The fourth-order valence-electron chi connectivity index (χ4n) is 3.18. The van der Waals surface area contributed by atoms with Crippen molar-refractivity contribution in [1.29, 1.82) is 0 Å². The van der Waals surface area contributed by atoms with Crippen LogP contribution < -0.4 is 4.74 Å². The molecular formula is C20H17NO2. The Morgan fingerprint density at radius 3 is 2.74 bits per heavy atom. The number of fused-ring (bicyclic) bond motifs is 2. The number of furan rings is 1. The van der Waals surface area contributed by atoms with Crippen LogP contribution >= 0.6 is 0 Å². The minimum atomic E-state index is 0.669. The molecule has 0 saturated carbocycles. The zero-order valence-electron chi connectivity index (χ0n) is 13.4. The number of ether oxygens (including phenoxy) is 1. The van der Waals surface area contributed by atoms with E-state index in [0.717, 1.165) is 50.1 Å². The quantitative estimate of drug-likeness (QED) is 0.622. The topological polar surface area (TPSA) is 35.3 Å². The van der Waals surface area contributed by atoms with Crippen molar-refractivity contribution >= 4 is 16.5 Å². The molecule has 3 heteroatoms. The summed E-state index contributed by atoms with van der Waals surface area (Å²) in [5.41, 5.74) is 7.28. The average Bonchev–Trinajstić information content (AvgIpc) is 2.92. The monoisotopic (exact) mass is 303 g/mol. The lowest BCUT2D eigenvalue weighted by Gasteiger charge is -2.25. The molecule has 0 bridgehead atoms. The highest BCUT2D eigenvalue weighted by Crippen LogP contribution is 2.45. The highest BCUT2D eigenvalue weighted by Gasteiger charge is 2.26. The molecule has 2 aromatic heterocycles. The minimum absolute atomic E-state index is 0.669. The molecule has 1 aliphatic rings. The largest absolute Gasteiger partial charge is 0.464 e. The van der Waals surface area contributed by atoms with Gasteiger partial charge in [0.25, 0.3) is 0 Å². The highest BCUT2D eigenvalue weighted by atomic mass is 16.5. The SMILES string of the molecule is C=C1Oc2c(cc3c(C)coc3c2C)C(c2cccnc2)=C1C. The van der Waals surface area contributed by atoms with Crippen molar-refractivity contribution in [2.24, 2.45) is 0 Å². The zero-order chi connectivity index (χ0) is 16.1. The van der Waals surface area contributed by atoms with Gasteiger partial charge in [0.2, 0.25) is 0 Å². The van der Waals surface area contributed by atoms with Crippen LogP contribution in [0.25, 0.3) is 16.5 Å². The summed E-state index contributed by atoms with van der Waals surface area (Å²) >= 11 is 0. The molecule has 0 unspecified atom stereocenters. The summed E-state index contributed by atoms with van der Waals surface area (Å²) < 4.78 is 11.7. The molecule has 3 nitrogen and oxygen atoms in total. The number of aromatic nitrogens is 1. The van der Waals surface area contributed by atoms with Gasteiger partial charge in [0.05, 0.1) is 6.26 Å². The first-order valence-electron chi connectivity index (χ1n) is 7.58. The predicted molar refractivity (Wildman–Crippen MR) is 91.4 cm³/mol. The average molecular weight is 303 g/mol. The van der Waals surface area contributed by atoms with E-state index in [1.54, 1.807) is 12.5 Å². The lowest BCUT2D eigenvalue weighted by Crippen LogP contribution is -2.09. The summed E-state index contributed by atoms with van der Waals surface area (Å²) in [6.07, 6.45) is 5.45. The number of pyridine rings is 1. The Labute approximate surface area is 134 Å². The maximum absolute atomic E-state index is 6.01. The highest BCUT2D eigenvalue weighted by molar-refractivity contribution is 5.96. The Morgan fingerprint density at radius 2 is 2.00 bits per heavy atom. The molecule has 23 heavy (non-hydrogen) atoms. The van der Waals surface area contributed by atoms with Gasteiger partial charge in [0.15, 0.2) is 0 Å². The molecule has 1 aliphatic heterocycles. The van der Waals surface area contributed by atoms with E-state index < -0.39 is 0 Å². The van der Waals surface area contributed by atoms with Gasteiger partial charge in [-0.25, -0.2) is 0 Å². The number of hydrogen-bond acceptors (Lipinski definition) is 3. The molecule has 3 aromatic rings. The third-order valence-electron chi connectivity index (χ3n) is 4.48. The number of allylic oxidation sites excluding steroid dienone is 1. The van der Waals surface area contributed by atoms with Crippen LogP contribution in [0, 0.1) is 13.8 Å². The number of benzene rings is 1. The zero-order valence-corrected chi connectivity index (χ0v) is 13.4. The van der Waals surface area contributed by atoms with Gasteiger partial charge >= 0.3 is 0 Å². The number of rotatable bonds is 1. The maximum atomic E-state index is 6.01. The summed E-state index contributed by atoms with van der Waals surface area (Å²) in [5, 5.41) is 1.12. The second-order valence-corrected chi connectivity index (χ2v) is 5.94. The van der Waals surface area contributed by atoms with E-state index >= 15 is 0 Å². The molecule has 0 atom stereocenters. The molecule has 0 amide bonds. The van der Waals surface area contributed by atoms with Crippen LogP contribution in [0.2, 0.25) is 0 Å². The van der Waals surface area contributed by atoms with Crippen LogP contribution in [0.5, 0.6) is 5.75 Å². The Morgan fingerprint density at radius 1 is 1.17 bits per heavy atom. The van der Waals surface area contributed by atoms with Crippen molar-refractivity contribution in [2.75, 3.05) is 0 Å². The van der Waals surface area contributed by atoms with Gasteiger partial charge < -0.3 is 9.15 Å². The van der Waals surface area contributed by atoms with Crippen molar-refractivity contribution < 1.29 is 9.15 Å². The van der Waals surface area contributed by atoms with Crippen molar-refractivity contribution in [3.8, 4) is 5.75 Å². The first-order valence-corrected chi connectivity index (χ1v) is 7.58. The summed E-state index contributed by atoms with van der Waals surface area (Å²) in [4.78, 5) is 4.26. The molecule has 0 aliphatic carbocycles. The Hall–Kier alpha value is -2.81. The summed E-state index contributed by atoms with van der Waals surface area (Å²) in [5.74, 6) is 1.49. The van der Waals surface area contributed by atoms with Crippen LogP contribution in [-0.4, -0.2) is 4.98 Å². The molecule has 0 radical (unpaired) electrons. The summed E-state index contributed by atoms with van der Waals surface area (Å²) in [7, 11) is 0. The maximum Gasteiger partial charge on any atom is 0.141 e. The summed E-state index contributed by atoms with van der Waals surface area (Å²) in [6.45, 7) is 10.2. The number of hydrogen-bond donors (Lipinski definition) is 0. The third kappa shape index (κ3) is 1.93. The first kappa shape index (κ1) is 13.8. The Balaban J connectivity index is 2.10. The number of nitrogens with zero attached hydrogens (tertiary/aromatic N) is 1. The van der Waals surface area contributed by atoms with Crippen LogP contribution in [0.1, 0.15) is 29.2 Å². The lowest BCUT2D eigenvalue weighted by atomic mass is 9.89. The predicted octanol–water partition coefficient (Wildman–Crippen LogP) is 5.17. The van der Waals surface area contributed by atoms with E-state index in [-0.39, 0.29) is 0 Å². The van der Waals surface area contributed by atoms with Crippen molar-refractivity contribution in [3.63, 3.8) is 0 Å². The molecule has 0 N–H and O–H groups in total. The van der Waals surface area contributed by atoms with Crippen LogP contribution in [0.4, 0.5) is 0 Å². The van der Waals surface area contributed by atoms with E-state index in [9.17, 15) is 0 Å². The van der Waals surface area contributed by atoms with E-state index in [0.29, 0.717) is 5.76 Å². The van der Waals surface area contributed by atoms with Gasteiger partial charge in [-0.1, -0.05) is 12.6 Å². The van der Waals surface area contributed by atoms with Gasteiger partial charge in [-0.3, -0.25) is 4.98 Å². The molecule has 0 spiro atoms. The van der Waals surface area contributed by atoms with E-state index in [1.165, 1.54) is 0 Å². The van der Waals surface area contributed by atoms with Crippen molar-refractivity contribution in [2.45, 2.75) is 20.8 Å². The fourth-order valence-corrected chi connectivity index (χ4v) is 3.18. The van der Waals surface area contributed by atoms with Crippen LogP contribution in [0.15, 0.2) is 59.2 Å². The molecule has 4 rings (SSSR count). The van der Waals surface area contributed by atoms with Gasteiger partial charge in [-0.05, 0) is 44.0 Å². The van der Waals surface area contributed by atoms with Gasteiger partial charge in [-0.2, -0.15) is 0 Å². The second kappa shape index (κ2) is 4.85. The molecule has 114 valence electrons. The normalized spacial score (nSPS) is 14.1. The Kier molecular flexibility index (Phi) is 2.91. The smallest absolute Gasteiger partial charge is 0.141 e. The molecule has 1 aromatic carbocycles.